The molecule has 0 aliphatic carbocycles. The molecule has 1 aromatic carbocycles. The predicted octanol–water partition coefficient (Wildman–Crippen LogP) is 1.67. The van der Waals surface area contributed by atoms with E-state index >= 15 is 0 Å². The minimum absolute atomic E-state index is 0.0398. The summed E-state index contributed by atoms with van der Waals surface area (Å²) in [6.45, 7) is 2.05. The van der Waals surface area contributed by atoms with Gasteiger partial charge in [0, 0.05) is 19.3 Å². The number of aromatic nitrogens is 2. The fourth-order valence-electron chi connectivity index (χ4n) is 3.39. The van der Waals surface area contributed by atoms with Crippen LogP contribution in [-0.2, 0) is 18.3 Å². The Labute approximate surface area is 148 Å². The Kier molecular flexibility index (Phi) is 5.83. The fourth-order valence-corrected chi connectivity index (χ4v) is 3.39. The molecule has 0 bridgehead atoms. The van der Waals surface area contributed by atoms with E-state index in [1.54, 1.807) is 16.9 Å². The molecular formula is C19H26N4O2. The third-order valence-corrected chi connectivity index (χ3v) is 4.81. The number of aliphatic hydroxyl groups excluding tert-OH is 1. The second-order valence-electron chi connectivity index (χ2n) is 6.79. The summed E-state index contributed by atoms with van der Waals surface area (Å²) in [6, 6.07) is 11.9. The van der Waals surface area contributed by atoms with Crippen LogP contribution >= 0.6 is 0 Å². The molecular weight excluding hydrogens is 316 g/mol. The Morgan fingerprint density at radius 3 is 2.64 bits per heavy atom. The summed E-state index contributed by atoms with van der Waals surface area (Å²) in [6.07, 6.45) is 4.03. The molecule has 1 aromatic heterocycles. The van der Waals surface area contributed by atoms with Crippen LogP contribution in [0, 0.1) is 5.92 Å². The lowest BCUT2D eigenvalue weighted by atomic mass is 9.88. The number of piperidine rings is 1. The summed E-state index contributed by atoms with van der Waals surface area (Å²) >= 11 is 0. The van der Waals surface area contributed by atoms with Gasteiger partial charge in [0.05, 0.1) is 12.6 Å². The quantitative estimate of drug-likeness (QED) is 0.838. The SMILES string of the molecule is Cn1ccc(NC(=O)CN2CCC([C@@H](O)Cc3ccccc3)CC2)n1. The normalized spacial score (nSPS) is 17.4. The van der Waals surface area contributed by atoms with Crippen molar-refractivity contribution in [2.75, 3.05) is 25.0 Å². The second-order valence-corrected chi connectivity index (χ2v) is 6.79. The summed E-state index contributed by atoms with van der Waals surface area (Å²) in [5.41, 5.74) is 1.17. The Balaban J connectivity index is 1.41. The number of anilines is 1. The van der Waals surface area contributed by atoms with E-state index in [2.05, 4.69) is 27.4 Å². The summed E-state index contributed by atoms with van der Waals surface area (Å²) in [5, 5.41) is 17.5. The summed E-state index contributed by atoms with van der Waals surface area (Å²) in [7, 11) is 1.82. The number of aryl methyl sites for hydroxylation is 1. The molecule has 1 atom stereocenters. The molecule has 1 amide bonds. The molecule has 2 heterocycles. The number of likely N-dealkylation sites (tertiary alicyclic amines) is 1. The maximum atomic E-state index is 12.1. The largest absolute Gasteiger partial charge is 0.392 e. The molecule has 1 aliphatic rings. The van der Waals surface area contributed by atoms with Gasteiger partial charge in [-0.25, -0.2) is 0 Å². The van der Waals surface area contributed by atoms with Gasteiger partial charge in [-0.1, -0.05) is 30.3 Å². The smallest absolute Gasteiger partial charge is 0.239 e. The first-order chi connectivity index (χ1) is 12.1. The van der Waals surface area contributed by atoms with E-state index in [0.29, 0.717) is 24.7 Å². The molecule has 2 N–H and O–H groups in total. The summed E-state index contributed by atoms with van der Waals surface area (Å²) in [5.74, 6) is 0.845. The highest BCUT2D eigenvalue weighted by molar-refractivity contribution is 5.91. The van der Waals surface area contributed by atoms with E-state index in [-0.39, 0.29) is 12.0 Å². The van der Waals surface area contributed by atoms with E-state index in [1.807, 2.05) is 25.2 Å². The van der Waals surface area contributed by atoms with Gasteiger partial charge in [0.2, 0.25) is 5.91 Å². The number of carbonyl (C=O) groups excluding carboxylic acids is 1. The number of rotatable bonds is 6. The molecule has 134 valence electrons. The Bertz CT molecular complexity index is 678. The molecule has 6 heteroatoms. The van der Waals surface area contributed by atoms with Gasteiger partial charge >= 0.3 is 0 Å². The van der Waals surface area contributed by atoms with Crippen molar-refractivity contribution in [1.29, 1.82) is 0 Å². The van der Waals surface area contributed by atoms with E-state index in [9.17, 15) is 9.90 Å². The van der Waals surface area contributed by atoms with Crippen molar-refractivity contribution >= 4 is 11.7 Å². The fraction of sp³-hybridized carbons (Fsp3) is 0.474. The molecule has 1 aliphatic heterocycles. The van der Waals surface area contributed by atoms with Crippen LogP contribution < -0.4 is 5.32 Å². The lowest BCUT2D eigenvalue weighted by molar-refractivity contribution is -0.117. The number of hydrogen-bond donors (Lipinski definition) is 2. The van der Waals surface area contributed by atoms with Gasteiger partial charge in [0.1, 0.15) is 0 Å². The van der Waals surface area contributed by atoms with Gasteiger partial charge in [0.25, 0.3) is 0 Å². The standard InChI is InChI=1S/C19H26N4O2/c1-22-10-9-18(21-22)20-19(25)14-23-11-7-16(8-12-23)17(24)13-15-5-3-2-4-6-15/h2-6,9-10,16-17,24H,7-8,11-14H2,1H3,(H,20,21,25)/t17-/m0/s1. The highest BCUT2D eigenvalue weighted by Gasteiger charge is 2.26. The molecule has 0 saturated carbocycles. The Morgan fingerprint density at radius 1 is 1.28 bits per heavy atom. The average Bonchev–Trinajstić information content (AvgIpc) is 3.01. The lowest BCUT2D eigenvalue weighted by Gasteiger charge is -2.33. The maximum Gasteiger partial charge on any atom is 0.239 e. The third-order valence-electron chi connectivity index (χ3n) is 4.81. The minimum atomic E-state index is -0.313. The van der Waals surface area contributed by atoms with Gasteiger partial charge in [0.15, 0.2) is 5.82 Å². The van der Waals surface area contributed by atoms with Crippen molar-refractivity contribution in [3.05, 3.63) is 48.2 Å². The van der Waals surface area contributed by atoms with Gasteiger partial charge in [-0.3, -0.25) is 14.4 Å². The van der Waals surface area contributed by atoms with Crippen LogP contribution in [0.5, 0.6) is 0 Å². The first kappa shape index (κ1) is 17.6. The van der Waals surface area contributed by atoms with Crippen molar-refractivity contribution in [2.45, 2.75) is 25.4 Å². The first-order valence-electron chi connectivity index (χ1n) is 8.84. The predicted molar refractivity (Wildman–Crippen MR) is 97.2 cm³/mol. The van der Waals surface area contributed by atoms with Crippen molar-refractivity contribution in [3.8, 4) is 0 Å². The molecule has 1 saturated heterocycles. The van der Waals surface area contributed by atoms with Gasteiger partial charge < -0.3 is 10.4 Å². The first-order valence-corrected chi connectivity index (χ1v) is 8.84. The van der Waals surface area contributed by atoms with Crippen LogP contribution in [0.1, 0.15) is 18.4 Å². The molecule has 0 radical (unpaired) electrons. The molecule has 6 nitrogen and oxygen atoms in total. The number of aliphatic hydroxyl groups is 1. The lowest BCUT2D eigenvalue weighted by Crippen LogP contribution is -2.42. The molecule has 3 rings (SSSR count). The highest BCUT2D eigenvalue weighted by Crippen LogP contribution is 2.23. The maximum absolute atomic E-state index is 12.1. The zero-order chi connectivity index (χ0) is 17.6. The second kappa shape index (κ2) is 8.27. The number of hydrogen-bond acceptors (Lipinski definition) is 4. The van der Waals surface area contributed by atoms with Crippen LogP contribution in [0.25, 0.3) is 0 Å². The number of carbonyl (C=O) groups is 1. The molecule has 0 unspecified atom stereocenters. The number of benzene rings is 1. The average molecular weight is 342 g/mol. The van der Waals surface area contributed by atoms with Crippen LogP contribution in [0.2, 0.25) is 0 Å². The van der Waals surface area contributed by atoms with Gasteiger partial charge in [-0.15, -0.1) is 0 Å². The minimum Gasteiger partial charge on any atom is -0.392 e. The van der Waals surface area contributed by atoms with Crippen LogP contribution in [0.3, 0.4) is 0 Å². The Hall–Kier alpha value is -2.18. The van der Waals surface area contributed by atoms with E-state index in [4.69, 9.17) is 0 Å². The van der Waals surface area contributed by atoms with Crippen molar-refractivity contribution in [2.24, 2.45) is 13.0 Å². The van der Waals surface area contributed by atoms with E-state index in [0.717, 1.165) is 25.9 Å². The highest BCUT2D eigenvalue weighted by atomic mass is 16.3. The Morgan fingerprint density at radius 2 is 2.00 bits per heavy atom. The van der Waals surface area contributed by atoms with Crippen molar-refractivity contribution in [3.63, 3.8) is 0 Å². The molecule has 0 spiro atoms. The van der Waals surface area contributed by atoms with Crippen molar-refractivity contribution < 1.29 is 9.90 Å². The molecule has 2 aromatic rings. The van der Waals surface area contributed by atoms with E-state index in [1.165, 1.54) is 5.56 Å². The molecule has 25 heavy (non-hydrogen) atoms. The monoisotopic (exact) mass is 342 g/mol. The van der Waals surface area contributed by atoms with Gasteiger partial charge in [-0.05, 0) is 43.8 Å². The van der Waals surface area contributed by atoms with Crippen LogP contribution in [0.4, 0.5) is 5.82 Å². The molecule has 1 fully saturated rings. The van der Waals surface area contributed by atoms with E-state index < -0.39 is 0 Å². The third kappa shape index (κ3) is 5.14. The zero-order valence-corrected chi connectivity index (χ0v) is 14.6. The topological polar surface area (TPSA) is 70.4 Å². The van der Waals surface area contributed by atoms with Crippen LogP contribution in [-0.4, -0.2) is 51.4 Å². The summed E-state index contributed by atoms with van der Waals surface area (Å²) < 4.78 is 1.66. The number of amides is 1. The number of nitrogens with one attached hydrogen (secondary N) is 1. The summed E-state index contributed by atoms with van der Waals surface area (Å²) in [4.78, 5) is 14.2. The van der Waals surface area contributed by atoms with Crippen molar-refractivity contribution in [1.82, 2.24) is 14.7 Å². The van der Waals surface area contributed by atoms with Crippen LogP contribution in [0.15, 0.2) is 42.6 Å². The number of nitrogens with zero attached hydrogens (tertiary/aromatic N) is 3. The zero-order valence-electron chi connectivity index (χ0n) is 14.6. The van der Waals surface area contributed by atoms with Gasteiger partial charge in [-0.2, -0.15) is 5.10 Å².